The minimum absolute atomic E-state index is 0.0313. The zero-order valence-electron chi connectivity index (χ0n) is 17.1. The molecule has 1 aromatic heterocycles. The zero-order chi connectivity index (χ0) is 21.9. The minimum Gasteiger partial charge on any atom is -0.481 e. The SMILES string of the molecule is CC(=O)O.Cn1ccc(NC(=O)CN2C[C@H](O)[C@@]3(C2)[C@H](CO)[C@H]3c2ccccc2)n1. The molecule has 1 aliphatic heterocycles. The van der Waals surface area contributed by atoms with E-state index >= 15 is 0 Å². The van der Waals surface area contributed by atoms with Crippen LogP contribution in [-0.2, 0) is 16.6 Å². The highest BCUT2D eigenvalue weighted by Gasteiger charge is 2.70. The first-order chi connectivity index (χ1) is 14.3. The fraction of sp³-hybridized carbons (Fsp3) is 0.476. The summed E-state index contributed by atoms with van der Waals surface area (Å²) < 4.78 is 1.63. The number of hydrogen-bond donors (Lipinski definition) is 4. The monoisotopic (exact) mass is 416 g/mol. The lowest BCUT2D eigenvalue weighted by Gasteiger charge is -2.16. The molecule has 9 heteroatoms. The van der Waals surface area contributed by atoms with E-state index in [2.05, 4.69) is 10.4 Å². The van der Waals surface area contributed by atoms with Gasteiger partial charge in [-0.2, -0.15) is 5.10 Å². The molecule has 162 valence electrons. The summed E-state index contributed by atoms with van der Waals surface area (Å²) in [6, 6.07) is 11.8. The van der Waals surface area contributed by atoms with Crippen LogP contribution in [0.15, 0.2) is 42.6 Å². The van der Waals surface area contributed by atoms with Gasteiger partial charge in [0.1, 0.15) is 0 Å². The predicted octanol–water partition coefficient (Wildman–Crippen LogP) is 0.518. The van der Waals surface area contributed by atoms with E-state index in [9.17, 15) is 15.0 Å². The number of hydrogen-bond acceptors (Lipinski definition) is 6. The third-order valence-electron chi connectivity index (χ3n) is 5.82. The van der Waals surface area contributed by atoms with Crippen LogP contribution in [0.2, 0.25) is 0 Å². The van der Waals surface area contributed by atoms with Crippen molar-refractivity contribution >= 4 is 17.7 Å². The van der Waals surface area contributed by atoms with Crippen molar-refractivity contribution in [3.8, 4) is 0 Å². The van der Waals surface area contributed by atoms with Crippen LogP contribution in [-0.4, -0.2) is 74.2 Å². The molecule has 2 heterocycles. The number of aliphatic hydroxyl groups excluding tert-OH is 2. The Balaban J connectivity index is 0.000000589. The number of carboxylic acids is 1. The van der Waals surface area contributed by atoms with E-state index < -0.39 is 12.1 Å². The van der Waals surface area contributed by atoms with Gasteiger partial charge in [-0.05, 0) is 17.4 Å². The van der Waals surface area contributed by atoms with Gasteiger partial charge in [0.2, 0.25) is 5.91 Å². The minimum atomic E-state index is -0.833. The number of aryl methyl sites for hydroxylation is 1. The van der Waals surface area contributed by atoms with E-state index in [0.29, 0.717) is 18.9 Å². The third-order valence-corrected chi connectivity index (χ3v) is 5.82. The number of aliphatic carboxylic acids is 1. The second kappa shape index (κ2) is 8.95. The molecule has 1 saturated heterocycles. The number of β-amino-alcohol motifs (C(OH)–C–C–N with tert-alkyl or cyclic N) is 1. The molecule has 1 amide bonds. The average molecular weight is 416 g/mol. The molecule has 4 rings (SSSR count). The second-order valence-electron chi connectivity index (χ2n) is 7.92. The van der Waals surface area contributed by atoms with Crippen LogP contribution in [0.1, 0.15) is 18.4 Å². The summed E-state index contributed by atoms with van der Waals surface area (Å²) >= 11 is 0. The summed E-state index contributed by atoms with van der Waals surface area (Å²) in [5.74, 6) is -0.296. The zero-order valence-corrected chi connectivity index (χ0v) is 17.1. The number of nitrogens with zero attached hydrogens (tertiary/aromatic N) is 3. The third kappa shape index (κ3) is 4.53. The quantitative estimate of drug-likeness (QED) is 0.559. The number of benzene rings is 1. The topological polar surface area (TPSA) is 128 Å². The lowest BCUT2D eigenvalue weighted by Crippen LogP contribution is -2.32. The molecule has 0 bridgehead atoms. The Labute approximate surface area is 174 Å². The lowest BCUT2D eigenvalue weighted by atomic mass is 9.95. The largest absolute Gasteiger partial charge is 0.481 e. The lowest BCUT2D eigenvalue weighted by molar-refractivity contribution is -0.134. The Morgan fingerprint density at radius 3 is 2.50 bits per heavy atom. The molecule has 1 saturated carbocycles. The summed E-state index contributed by atoms with van der Waals surface area (Å²) in [4.78, 5) is 23.3. The highest BCUT2D eigenvalue weighted by molar-refractivity contribution is 5.91. The second-order valence-corrected chi connectivity index (χ2v) is 7.92. The molecule has 0 radical (unpaired) electrons. The first-order valence-corrected chi connectivity index (χ1v) is 9.83. The average Bonchev–Trinajstić information content (AvgIpc) is 2.96. The fourth-order valence-electron chi connectivity index (χ4n) is 4.65. The first kappa shape index (κ1) is 21.9. The van der Waals surface area contributed by atoms with Gasteiger partial charge in [-0.25, -0.2) is 0 Å². The Kier molecular flexibility index (Phi) is 6.55. The molecule has 1 aliphatic carbocycles. The Bertz CT molecular complexity index is 883. The van der Waals surface area contributed by atoms with Crippen molar-refractivity contribution in [2.75, 3.05) is 31.6 Å². The highest BCUT2D eigenvalue weighted by Crippen LogP contribution is 2.68. The number of aromatic nitrogens is 2. The summed E-state index contributed by atoms with van der Waals surface area (Å²) in [7, 11) is 1.79. The molecule has 2 aliphatic rings. The van der Waals surface area contributed by atoms with Gasteiger partial charge >= 0.3 is 0 Å². The van der Waals surface area contributed by atoms with Crippen molar-refractivity contribution < 1.29 is 24.9 Å². The molecule has 9 nitrogen and oxygen atoms in total. The van der Waals surface area contributed by atoms with Crippen molar-refractivity contribution in [1.82, 2.24) is 14.7 Å². The smallest absolute Gasteiger partial charge is 0.300 e. The van der Waals surface area contributed by atoms with E-state index in [1.807, 2.05) is 35.2 Å². The first-order valence-electron chi connectivity index (χ1n) is 9.83. The number of carboxylic acid groups (broad SMARTS) is 1. The molecule has 2 aromatic rings. The maximum atomic E-state index is 12.3. The number of carbonyl (C=O) groups is 2. The number of carbonyl (C=O) groups excluding carboxylic acids is 1. The van der Waals surface area contributed by atoms with Crippen LogP contribution in [0, 0.1) is 11.3 Å². The number of nitrogens with one attached hydrogen (secondary N) is 1. The summed E-state index contributed by atoms with van der Waals surface area (Å²) in [5.41, 5.74) is 0.784. The van der Waals surface area contributed by atoms with Crippen molar-refractivity contribution in [3.63, 3.8) is 0 Å². The van der Waals surface area contributed by atoms with Gasteiger partial charge in [-0.1, -0.05) is 30.3 Å². The molecule has 4 N–H and O–H groups in total. The van der Waals surface area contributed by atoms with Crippen LogP contribution in [0.4, 0.5) is 5.82 Å². The van der Waals surface area contributed by atoms with Gasteiger partial charge in [0, 0.05) is 51.3 Å². The number of anilines is 1. The van der Waals surface area contributed by atoms with Crippen LogP contribution in [0.5, 0.6) is 0 Å². The van der Waals surface area contributed by atoms with Gasteiger partial charge in [-0.15, -0.1) is 0 Å². The standard InChI is InChI=1S/C19H24N4O3.C2H4O2/c1-22-8-7-16(21-22)20-17(26)10-23-9-15(25)19(12-23)14(11-24)18(19)13-5-3-2-4-6-13;1-2(3)4/h2-8,14-15,18,24-25H,9-12H2,1H3,(H,20,21,26);1H3,(H,3,4)/t14-,15+,18-,19-;/m1./s1. The number of likely N-dealkylation sites (tertiary alicyclic amines) is 1. The summed E-state index contributed by atoms with van der Waals surface area (Å²) in [6.45, 7) is 2.38. The maximum absolute atomic E-state index is 12.3. The number of amides is 1. The molecule has 30 heavy (non-hydrogen) atoms. The van der Waals surface area contributed by atoms with Gasteiger partial charge in [0.15, 0.2) is 5.82 Å². The van der Waals surface area contributed by atoms with Crippen molar-refractivity contribution in [2.24, 2.45) is 18.4 Å². The van der Waals surface area contributed by atoms with Crippen molar-refractivity contribution in [1.29, 1.82) is 0 Å². The van der Waals surface area contributed by atoms with Crippen molar-refractivity contribution in [2.45, 2.75) is 18.9 Å². The van der Waals surface area contributed by atoms with Crippen LogP contribution >= 0.6 is 0 Å². The number of aliphatic hydroxyl groups is 2. The molecule has 1 aromatic carbocycles. The Morgan fingerprint density at radius 1 is 1.27 bits per heavy atom. The van der Waals surface area contributed by atoms with Gasteiger partial charge in [-0.3, -0.25) is 19.2 Å². The van der Waals surface area contributed by atoms with Gasteiger partial charge in [0.25, 0.3) is 5.97 Å². The van der Waals surface area contributed by atoms with E-state index in [4.69, 9.17) is 9.90 Å². The number of rotatable bonds is 5. The predicted molar refractivity (Wildman–Crippen MR) is 110 cm³/mol. The van der Waals surface area contributed by atoms with Crippen LogP contribution < -0.4 is 5.32 Å². The van der Waals surface area contributed by atoms with Crippen LogP contribution in [0.25, 0.3) is 0 Å². The van der Waals surface area contributed by atoms with E-state index in [1.165, 1.54) is 0 Å². The fourth-order valence-corrected chi connectivity index (χ4v) is 4.65. The highest BCUT2D eigenvalue weighted by atomic mass is 16.4. The molecule has 4 atom stereocenters. The van der Waals surface area contributed by atoms with Crippen LogP contribution in [0.3, 0.4) is 0 Å². The van der Waals surface area contributed by atoms with E-state index in [0.717, 1.165) is 12.5 Å². The molecular formula is C21H28N4O5. The Hall–Kier alpha value is -2.75. The summed E-state index contributed by atoms with van der Waals surface area (Å²) in [5, 5.41) is 34.9. The normalized spacial score (nSPS) is 27.4. The van der Waals surface area contributed by atoms with E-state index in [-0.39, 0.29) is 36.3 Å². The van der Waals surface area contributed by atoms with Gasteiger partial charge in [0.05, 0.1) is 12.6 Å². The summed E-state index contributed by atoms with van der Waals surface area (Å²) in [6.07, 6.45) is 1.22. The van der Waals surface area contributed by atoms with Gasteiger partial charge < -0.3 is 20.6 Å². The van der Waals surface area contributed by atoms with Crippen molar-refractivity contribution in [3.05, 3.63) is 48.2 Å². The molecular weight excluding hydrogens is 388 g/mol. The molecule has 1 spiro atoms. The molecule has 0 unspecified atom stereocenters. The van der Waals surface area contributed by atoms with E-state index in [1.54, 1.807) is 24.0 Å². The molecule has 2 fully saturated rings. The maximum Gasteiger partial charge on any atom is 0.300 e. The Morgan fingerprint density at radius 2 is 1.93 bits per heavy atom.